The van der Waals surface area contributed by atoms with Crippen molar-refractivity contribution in [2.24, 2.45) is 0 Å². The van der Waals surface area contributed by atoms with Gasteiger partial charge in [-0.25, -0.2) is 4.98 Å². The fourth-order valence-electron chi connectivity index (χ4n) is 1.50. The zero-order valence-electron chi connectivity index (χ0n) is 10.2. The van der Waals surface area contributed by atoms with E-state index in [1.165, 1.54) is 37.1 Å². The molecule has 7 heteroatoms. The van der Waals surface area contributed by atoms with Gasteiger partial charge < -0.3 is 4.42 Å². The lowest BCUT2D eigenvalue weighted by molar-refractivity contribution is -0.385. The average molecular weight is 278 g/mol. The molecule has 98 valence electrons. The van der Waals surface area contributed by atoms with E-state index in [1.807, 2.05) is 0 Å². The van der Waals surface area contributed by atoms with Crippen LogP contribution in [0.5, 0.6) is 0 Å². The molecule has 1 heterocycles. The minimum Gasteiger partial charge on any atom is -0.439 e. The maximum absolute atomic E-state index is 11.4. The number of nitrogens with zero attached hydrogens (tertiary/aromatic N) is 2. The van der Waals surface area contributed by atoms with Gasteiger partial charge in [0.05, 0.1) is 16.2 Å². The second-order valence-electron chi connectivity index (χ2n) is 3.85. The number of nitro benzene ring substituents is 1. The Morgan fingerprint density at radius 2 is 2.21 bits per heavy atom. The van der Waals surface area contributed by atoms with Gasteiger partial charge in [-0.05, 0) is 37.7 Å². The maximum Gasteiger partial charge on any atom is 0.280 e. The number of nitro groups is 1. The molecule has 0 saturated heterocycles. The van der Waals surface area contributed by atoms with Gasteiger partial charge in [0, 0.05) is 11.0 Å². The van der Waals surface area contributed by atoms with Gasteiger partial charge in [0.2, 0.25) is 0 Å². The Kier molecular flexibility index (Phi) is 3.66. The third-order valence-corrected chi connectivity index (χ3v) is 3.20. The van der Waals surface area contributed by atoms with Crippen LogP contribution in [0.25, 0.3) is 0 Å². The number of oxazole rings is 1. The van der Waals surface area contributed by atoms with Gasteiger partial charge in [-0.3, -0.25) is 14.9 Å². The smallest absolute Gasteiger partial charge is 0.280 e. The van der Waals surface area contributed by atoms with E-state index in [2.05, 4.69) is 4.98 Å². The van der Waals surface area contributed by atoms with Crippen molar-refractivity contribution in [3.63, 3.8) is 0 Å². The standard InChI is InChI=1S/C12H10N2O4S/c1-7-6-18-12(13-7)19-9-3-4-11(14(16)17)10(5-9)8(2)15/h3-6H,1-2H3. The van der Waals surface area contributed by atoms with Crippen LogP contribution in [0, 0.1) is 17.0 Å². The molecule has 0 spiro atoms. The summed E-state index contributed by atoms with van der Waals surface area (Å²) in [6.45, 7) is 3.09. The maximum atomic E-state index is 11.4. The van der Waals surface area contributed by atoms with E-state index in [1.54, 1.807) is 13.0 Å². The van der Waals surface area contributed by atoms with Gasteiger partial charge in [0.1, 0.15) is 6.26 Å². The predicted octanol–water partition coefficient (Wildman–Crippen LogP) is 3.25. The van der Waals surface area contributed by atoms with Crippen molar-refractivity contribution < 1.29 is 14.1 Å². The topological polar surface area (TPSA) is 86.2 Å². The molecule has 19 heavy (non-hydrogen) atoms. The Balaban J connectivity index is 2.35. The molecule has 0 aliphatic heterocycles. The van der Waals surface area contributed by atoms with E-state index in [0.29, 0.717) is 10.1 Å². The molecule has 0 radical (unpaired) electrons. The van der Waals surface area contributed by atoms with Crippen molar-refractivity contribution in [1.29, 1.82) is 0 Å². The van der Waals surface area contributed by atoms with E-state index < -0.39 is 4.92 Å². The van der Waals surface area contributed by atoms with Crippen LogP contribution in [0.3, 0.4) is 0 Å². The summed E-state index contributed by atoms with van der Waals surface area (Å²) in [5.41, 5.74) is 0.634. The van der Waals surface area contributed by atoms with Crippen molar-refractivity contribution in [3.8, 4) is 0 Å². The Morgan fingerprint density at radius 3 is 2.74 bits per heavy atom. The van der Waals surface area contributed by atoms with Gasteiger partial charge in [-0.15, -0.1) is 0 Å². The highest BCUT2D eigenvalue weighted by atomic mass is 32.2. The van der Waals surface area contributed by atoms with E-state index in [9.17, 15) is 14.9 Å². The highest BCUT2D eigenvalue weighted by Gasteiger charge is 2.18. The first-order chi connectivity index (χ1) is 8.97. The first-order valence-electron chi connectivity index (χ1n) is 5.36. The second kappa shape index (κ2) is 5.23. The number of rotatable bonds is 4. The minimum atomic E-state index is -0.569. The summed E-state index contributed by atoms with van der Waals surface area (Å²) >= 11 is 1.21. The number of hydrogen-bond acceptors (Lipinski definition) is 6. The zero-order valence-corrected chi connectivity index (χ0v) is 11.1. The lowest BCUT2D eigenvalue weighted by Crippen LogP contribution is -2.00. The first kappa shape index (κ1) is 13.3. The predicted molar refractivity (Wildman–Crippen MR) is 68.5 cm³/mol. The number of hydrogen-bond donors (Lipinski definition) is 0. The largest absolute Gasteiger partial charge is 0.439 e. The monoisotopic (exact) mass is 278 g/mol. The number of benzene rings is 1. The number of ketones is 1. The third kappa shape index (κ3) is 3.00. The van der Waals surface area contributed by atoms with Crippen LogP contribution in [0.2, 0.25) is 0 Å². The molecule has 0 fully saturated rings. The van der Waals surface area contributed by atoms with Crippen molar-refractivity contribution in [1.82, 2.24) is 4.98 Å². The van der Waals surface area contributed by atoms with Crippen LogP contribution in [-0.2, 0) is 0 Å². The fourth-order valence-corrected chi connectivity index (χ4v) is 2.30. The number of carbonyl (C=O) groups excluding carboxylic acids is 1. The van der Waals surface area contributed by atoms with Crippen molar-refractivity contribution in [2.75, 3.05) is 0 Å². The molecular formula is C12H10N2O4S. The van der Waals surface area contributed by atoms with Crippen LogP contribution >= 0.6 is 11.8 Å². The first-order valence-corrected chi connectivity index (χ1v) is 6.18. The molecule has 0 atom stereocenters. The summed E-state index contributed by atoms with van der Waals surface area (Å²) < 4.78 is 5.18. The molecule has 0 saturated carbocycles. The molecule has 0 unspecified atom stereocenters. The minimum absolute atomic E-state index is 0.0817. The molecule has 0 aliphatic rings. The van der Waals surface area contributed by atoms with Crippen LogP contribution in [0.15, 0.2) is 39.0 Å². The lowest BCUT2D eigenvalue weighted by Gasteiger charge is -2.02. The number of aryl methyl sites for hydroxylation is 1. The summed E-state index contributed by atoms with van der Waals surface area (Å²) in [5, 5.41) is 11.2. The Bertz CT molecular complexity index is 651. The number of aromatic nitrogens is 1. The van der Waals surface area contributed by atoms with Crippen LogP contribution < -0.4 is 0 Å². The Labute approximate surface area is 113 Å². The second-order valence-corrected chi connectivity index (χ2v) is 4.87. The highest BCUT2D eigenvalue weighted by molar-refractivity contribution is 7.99. The van der Waals surface area contributed by atoms with E-state index in [-0.39, 0.29) is 17.0 Å². The molecule has 2 rings (SSSR count). The molecule has 0 bridgehead atoms. The van der Waals surface area contributed by atoms with Crippen LogP contribution in [-0.4, -0.2) is 15.7 Å². The van der Waals surface area contributed by atoms with E-state index >= 15 is 0 Å². The fraction of sp³-hybridized carbons (Fsp3) is 0.167. The van der Waals surface area contributed by atoms with Crippen LogP contribution in [0.1, 0.15) is 23.0 Å². The van der Waals surface area contributed by atoms with Gasteiger partial charge in [0.15, 0.2) is 5.78 Å². The highest BCUT2D eigenvalue weighted by Crippen LogP contribution is 2.31. The number of Topliss-reactive ketones (excluding diaryl/α,β-unsaturated/α-hetero) is 1. The van der Waals surface area contributed by atoms with Gasteiger partial charge in [0.25, 0.3) is 10.9 Å². The summed E-state index contributed by atoms with van der Waals surface area (Å²) in [7, 11) is 0. The third-order valence-electron chi connectivity index (χ3n) is 2.35. The summed E-state index contributed by atoms with van der Waals surface area (Å²) in [6, 6.07) is 4.36. The summed E-state index contributed by atoms with van der Waals surface area (Å²) in [6.07, 6.45) is 1.51. The molecule has 1 aromatic heterocycles. The SMILES string of the molecule is CC(=O)c1cc(Sc2nc(C)co2)ccc1[N+](=O)[O-]. The molecule has 2 aromatic rings. The molecule has 1 aromatic carbocycles. The van der Waals surface area contributed by atoms with Gasteiger partial charge in [-0.1, -0.05) is 0 Å². The summed E-state index contributed by atoms with van der Waals surface area (Å²) in [4.78, 5) is 26.5. The van der Waals surface area contributed by atoms with Gasteiger partial charge >= 0.3 is 0 Å². The molecule has 0 aliphatic carbocycles. The quantitative estimate of drug-likeness (QED) is 0.484. The number of carbonyl (C=O) groups is 1. The molecule has 0 N–H and O–H groups in total. The average Bonchev–Trinajstić information content (AvgIpc) is 2.74. The normalized spacial score (nSPS) is 10.4. The molecular weight excluding hydrogens is 268 g/mol. The van der Waals surface area contributed by atoms with E-state index in [4.69, 9.17) is 4.42 Å². The Morgan fingerprint density at radius 1 is 1.47 bits per heavy atom. The summed E-state index contributed by atoms with van der Waals surface area (Å²) in [5.74, 6) is -0.349. The Hall–Kier alpha value is -2.15. The lowest BCUT2D eigenvalue weighted by atomic mass is 10.1. The molecule has 0 amide bonds. The van der Waals surface area contributed by atoms with Crippen molar-refractivity contribution >= 4 is 23.2 Å². The van der Waals surface area contributed by atoms with Crippen molar-refractivity contribution in [2.45, 2.75) is 24.0 Å². The zero-order chi connectivity index (χ0) is 14.0. The van der Waals surface area contributed by atoms with Crippen LogP contribution in [0.4, 0.5) is 5.69 Å². The van der Waals surface area contributed by atoms with E-state index in [0.717, 1.165) is 5.69 Å². The van der Waals surface area contributed by atoms with Gasteiger partial charge in [-0.2, -0.15) is 0 Å². The molecule has 6 nitrogen and oxygen atoms in total. The van der Waals surface area contributed by atoms with Crippen molar-refractivity contribution in [3.05, 3.63) is 45.8 Å².